The Kier molecular flexibility index (Phi) is 4.27. The van der Waals surface area contributed by atoms with E-state index in [1.165, 1.54) is 0 Å². The van der Waals surface area contributed by atoms with Crippen molar-refractivity contribution in [2.75, 3.05) is 44.1 Å². The first kappa shape index (κ1) is 13.8. The topological polar surface area (TPSA) is 46.3 Å². The first-order valence-electron chi connectivity index (χ1n) is 6.18. The molecule has 1 saturated heterocycles. The minimum Gasteiger partial charge on any atom is -0.399 e. The van der Waals surface area contributed by atoms with Gasteiger partial charge in [-0.05, 0) is 24.3 Å². The largest absolute Gasteiger partial charge is 0.399 e. The van der Waals surface area contributed by atoms with Gasteiger partial charge in [-0.2, -0.15) is 0 Å². The Morgan fingerprint density at radius 2 is 1.89 bits per heavy atom. The summed E-state index contributed by atoms with van der Waals surface area (Å²) in [6, 6.07) is 7.56. The van der Waals surface area contributed by atoms with Gasteiger partial charge in [-0.15, -0.1) is 0 Å². The molecule has 0 radical (unpaired) electrons. The van der Waals surface area contributed by atoms with Gasteiger partial charge in [-0.25, -0.2) is 0 Å². The molecule has 18 heavy (non-hydrogen) atoms. The van der Waals surface area contributed by atoms with E-state index in [0.29, 0.717) is 0 Å². The van der Waals surface area contributed by atoms with Crippen molar-refractivity contribution in [1.82, 2.24) is 4.90 Å². The van der Waals surface area contributed by atoms with Crippen LogP contribution in [0.15, 0.2) is 24.3 Å². The van der Waals surface area contributed by atoms with Crippen LogP contribution in [0.1, 0.15) is 0 Å². The van der Waals surface area contributed by atoms with Crippen LogP contribution in [-0.4, -0.2) is 49.6 Å². The van der Waals surface area contributed by atoms with E-state index in [4.69, 9.17) is 5.73 Å². The van der Waals surface area contributed by atoms with E-state index in [9.17, 15) is 4.57 Å². The van der Waals surface area contributed by atoms with Crippen LogP contribution < -0.4 is 11.0 Å². The fraction of sp³-hybridized carbons (Fsp3) is 0.462. The molecular weight excluding hydrogens is 262 g/mol. The van der Waals surface area contributed by atoms with Crippen molar-refractivity contribution < 1.29 is 4.57 Å². The fourth-order valence-electron chi connectivity index (χ4n) is 2.32. The highest BCUT2D eigenvalue weighted by atomic mass is 31.2. The Morgan fingerprint density at radius 3 is 2.39 bits per heavy atom. The molecule has 1 fully saturated rings. The van der Waals surface area contributed by atoms with Crippen LogP contribution in [0, 0.1) is 0 Å². The lowest BCUT2D eigenvalue weighted by Crippen LogP contribution is -2.36. The number of hydrogen-bond donors (Lipinski definition) is 1. The molecule has 1 aliphatic heterocycles. The van der Waals surface area contributed by atoms with E-state index in [1.807, 2.05) is 24.3 Å². The van der Waals surface area contributed by atoms with Crippen LogP contribution in [0.4, 0.5) is 5.69 Å². The van der Waals surface area contributed by atoms with Gasteiger partial charge in [0.25, 0.3) is 0 Å². The van der Waals surface area contributed by atoms with Gasteiger partial charge in [0, 0.05) is 36.4 Å². The molecule has 0 aliphatic carbocycles. The lowest BCUT2D eigenvalue weighted by molar-refractivity contribution is 0.345. The second-order valence-corrected chi connectivity index (χ2v) is 10.2. The monoisotopic (exact) mass is 283 g/mol. The molecule has 1 atom stereocenters. The van der Waals surface area contributed by atoms with Crippen LogP contribution in [0.3, 0.4) is 0 Å². The standard InChI is InChI=1S/C13H21N2OP2/c1-17(2)11-15-7-9-18(16,10-8-15)13-5-3-12(14)4-6-13/h3-6H,1,7-11,14H2,2H3/q+1. The first-order chi connectivity index (χ1) is 8.49. The van der Waals surface area contributed by atoms with Gasteiger partial charge in [-0.1, -0.05) is 0 Å². The van der Waals surface area contributed by atoms with Gasteiger partial charge in [-0.3, -0.25) is 4.90 Å². The molecule has 0 amide bonds. The molecule has 0 bridgehead atoms. The summed E-state index contributed by atoms with van der Waals surface area (Å²) in [5, 5.41) is 0.990. The Balaban J connectivity index is 2.05. The highest BCUT2D eigenvalue weighted by molar-refractivity contribution is 7.71. The second kappa shape index (κ2) is 5.57. The van der Waals surface area contributed by atoms with Crippen molar-refractivity contribution in [1.29, 1.82) is 0 Å². The predicted molar refractivity (Wildman–Crippen MR) is 84.2 cm³/mol. The van der Waals surface area contributed by atoms with Gasteiger partial charge in [0.15, 0.2) is 6.29 Å². The maximum atomic E-state index is 12.9. The lowest BCUT2D eigenvalue weighted by Gasteiger charge is -2.30. The number of nitrogens with two attached hydrogens (primary N) is 1. The van der Waals surface area contributed by atoms with Crippen molar-refractivity contribution in [2.24, 2.45) is 0 Å². The summed E-state index contributed by atoms with van der Waals surface area (Å²) in [6.07, 6.45) is 6.73. The molecule has 2 N–H and O–H groups in total. The Morgan fingerprint density at radius 1 is 1.33 bits per heavy atom. The van der Waals surface area contributed by atoms with Crippen LogP contribution in [0.25, 0.3) is 0 Å². The zero-order chi connectivity index (χ0) is 13.2. The van der Waals surface area contributed by atoms with Crippen molar-refractivity contribution in [3.8, 4) is 0 Å². The summed E-state index contributed by atoms with van der Waals surface area (Å²) in [4.78, 5) is 2.39. The summed E-state index contributed by atoms with van der Waals surface area (Å²) in [7, 11) is -2.32. The molecule has 3 nitrogen and oxygen atoms in total. The van der Waals surface area contributed by atoms with Gasteiger partial charge in [0.2, 0.25) is 0 Å². The number of nitrogen functional groups attached to an aromatic ring is 1. The van der Waals surface area contributed by atoms with Crippen LogP contribution in [0.2, 0.25) is 0 Å². The molecule has 1 aromatic rings. The average molecular weight is 283 g/mol. The summed E-state index contributed by atoms with van der Waals surface area (Å²) in [5.74, 6) is 0. The quantitative estimate of drug-likeness (QED) is 0.682. The van der Waals surface area contributed by atoms with Crippen LogP contribution in [0.5, 0.6) is 0 Å². The Hall–Kier alpha value is -0.620. The molecule has 0 aromatic heterocycles. The van der Waals surface area contributed by atoms with Gasteiger partial charge in [0.1, 0.15) is 7.14 Å². The van der Waals surface area contributed by atoms with E-state index in [2.05, 4.69) is 17.9 Å². The molecular formula is C13H21N2OP2+. The molecule has 5 heteroatoms. The highest BCUT2D eigenvalue weighted by Crippen LogP contribution is 2.46. The summed E-state index contributed by atoms with van der Waals surface area (Å²) in [6.45, 7) is 4.05. The maximum absolute atomic E-state index is 12.9. The summed E-state index contributed by atoms with van der Waals surface area (Å²) in [5.41, 5.74) is 6.41. The number of nitrogens with zero attached hydrogens (tertiary/aromatic N) is 1. The van der Waals surface area contributed by atoms with Crippen LogP contribution in [-0.2, 0) is 4.57 Å². The minimum atomic E-state index is -2.18. The fourth-order valence-corrected chi connectivity index (χ4v) is 5.93. The summed E-state index contributed by atoms with van der Waals surface area (Å²) >= 11 is 0. The third-order valence-electron chi connectivity index (χ3n) is 3.36. The zero-order valence-electron chi connectivity index (χ0n) is 10.9. The number of rotatable bonds is 3. The number of anilines is 1. The average Bonchev–Trinajstić information content (AvgIpc) is 2.32. The molecule has 1 aromatic carbocycles. The van der Waals surface area contributed by atoms with Crippen molar-refractivity contribution >= 4 is 32.0 Å². The van der Waals surface area contributed by atoms with Gasteiger partial charge >= 0.3 is 0 Å². The SMILES string of the molecule is C=[P+](C)CN1CCP(=O)(c2ccc(N)cc2)CC1. The van der Waals surface area contributed by atoms with E-state index in [0.717, 1.165) is 42.7 Å². The van der Waals surface area contributed by atoms with E-state index in [-0.39, 0.29) is 7.55 Å². The van der Waals surface area contributed by atoms with Crippen molar-refractivity contribution in [3.63, 3.8) is 0 Å². The number of hydrogen-bond acceptors (Lipinski definition) is 3. The molecule has 1 heterocycles. The second-order valence-electron chi connectivity index (χ2n) is 5.04. The zero-order valence-corrected chi connectivity index (χ0v) is 12.7. The maximum Gasteiger partial charge on any atom is 0.158 e. The molecule has 0 saturated carbocycles. The highest BCUT2D eigenvalue weighted by Gasteiger charge is 2.31. The normalized spacial score (nSPS) is 20.6. The van der Waals surface area contributed by atoms with Gasteiger partial charge < -0.3 is 10.3 Å². The third kappa shape index (κ3) is 3.23. The van der Waals surface area contributed by atoms with E-state index < -0.39 is 7.14 Å². The predicted octanol–water partition coefficient (Wildman–Crippen LogP) is 2.07. The van der Waals surface area contributed by atoms with Crippen molar-refractivity contribution in [2.45, 2.75) is 0 Å². The molecule has 2 rings (SSSR count). The molecule has 1 unspecified atom stereocenters. The lowest BCUT2D eigenvalue weighted by atomic mass is 10.3. The van der Waals surface area contributed by atoms with E-state index >= 15 is 0 Å². The Labute approximate surface area is 110 Å². The van der Waals surface area contributed by atoms with Crippen molar-refractivity contribution in [3.05, 3.63) is 24.3 Å². The molecule has 0 spiro atoms. The molecule has 98 valence electrons. The summed E-state index contributed by atoms with van der Waals surface area (Å²) < 4.78 is 12.9. The Bertz CT molecular complexity index is 472. The molecule has 1 aliphatic rings. The van der Waals surface area contributed by atoms with Gasteiger partial charge in [0.05, 0.1) is 20.5 Å². The first-order valence-corrected chi connectivity index (χ1v) is 10.4. The smallest absolute Gasteiger partial charge is 0.158 e. The van der Waals surface area contributed by atoms with Crippen LogP contribution >= 0.6 is 14.7 Å². The third-order valence-corrected chi connectivity index (χ3v) is 7.33. The van der Waals surface area contributed by atoms with E-state index in [1.54, 1.807) is 0 Å². The minimum absolute atomic E-state index is 0.143. The number of benzene rings is 1.